The van der Waals surface area contributed by atoms with Crippen molar-refractivity contribution in [2.45, 2.75) is 6.42 Å². The van der Waals surface area contributed by atoms with E-state index in [9.17, 15) is 19.1 Å². The number of pyridine rings is 2. The van der Waals surface area contributed by atoms with Gasteiger partial charge in [-0.15, -0.1) is 0 Å². The molecule has 0 saturated carbocycles. The maximum atomic E-state index is 15.4. The summed E-state index contributed by atoms with van der Waals surface area (Å²) in [6.45, 7) is 2.05. The fourth-order valence-corrected chi connectivity index (χ4v) is 5.61. The number of nitrogens with one attached hydrogen (secondary N) is 1. The molecule has 0 amide bonds. The number of halogens is 2. The summed E-state index contributed by atoms with van der Waals surface area (Å²) in [7, 11) is 5.25. The van der Waals surface area contributed by atoms with Crippen LogP contribution in [0.2, 0.25) is 0 Å². The van der Waals surface area contributed by atoms with E-state index < -0.39 is 28.7 Å². The molecular formula is C28H26F2N6O4. The Kier molecular flexibility index (Phi) is 6.14. The number of ether oxygens (including phenoxy) is 1. The molecule has 1 aliphatic heterocycles. The van der Waals surface area contributed by atoms with Gasteiger partial charge < -0.3 is 25.0 Å². The van der Waals surface area contributed by atoms with Crippen LogP contribution in [0.5, 0.6) is 0 Å². The SMILES string of the molecule is CNc1cc(F)c(F)c2c1Cc1ncc(-c3cc(N4CCOCC4)c4ncc(C(=O)O)c(=O)n4c3)c(N(C)C)c1-2. The van der Waals surface area contributed by atoms with Gasteiger partial charge in [0.1, 0.15) is 5.56 Å². The van der Waals surface area contributed by atoms with Gasteiger partial charge in [0, 0.05) is 93.3 Å². The maximum Gasteiger partial charge on any atom is 0.342 e. The highest BCUT2D eigenvalue weighted by Crippen LogP contribution is 2.49. The van der Waals surface area contributed by atoms with Gasteiger partial charge in [-0.3, -0.25) is 14.2 Å². The smallest absolute Gasteiger partial charge is 0.342 e. The molecule has 12 heteroatoms. The van der Waals surface area contributed by atoms with Crippen LogP contribution in [-0.4, -0.2) is 72.9 Å². The van der Waals surface area contributed by atoms with Crippen molar-refractivity contribution in [1.82, 2.24) is 14.4 Å². The zero-order valence-corrected chi connectivity index (χ0v) is 22.1. The van der Waals surface area contributed by atoms with E-state index in [0.29, 0.717) is 83.4 Å². The molecule has 2 N–H and O–H groups in total. The standard InChI is InChI=1S/C28H26F2N6O4/c1-31-19-10-18(29)24(30)22-15(19)9-20-23(22)25(34(2)3)16(11-32-20)14-8-21(35-4-6-40-7-5-35)26-33-12-17(28(38)39)27(37)36(26)13-14/h8,10-13,31H,4-7,9H2,1-3H3,(H,38,39). The van der Waals surface area contributed by atoms with Crippen LogP contribution in [0.15, 0.2) is 35.5 Å². The van der Waals surface area contributed by atoms with Gasteiger partial charge in [-0.05, 0) is 11.6 Å². The minimum absolute atomic E-state index is 0.151. The van der Waals surface area contributed by atoms with Crippen LogP contribution in [0.1, 0.15) is 21.6 Å². The van der Waals surface area contributed by atoms with E-state index in [1.165, 1.54) is 10.6 Å². The van der Waals surface area contributed by atoms with E-state index in [2.05, 4.69) is 15.3 Å². The van der Waals surface area contributed by atoms with Gasteiger partial charge in [-0.1, -0.05) is 0 Å². The Bertz CT molecular complexity index is 1760. The first-order valence-electron chi connectivity index (χ1n) is 12.7. The predicted octanol–water partition coefficient (Wildman–Crippen LogP) is 3.25. The fraction of sp³-hybridized carbons (Fsp3) is 0.286. The Morgan fingerprint density at radius 3 is 2.55 bits per heavy atom. The number of rotatable bonds is 5. The number of morpholine rings is 1. The Labute approximate surface area is 227 Å². The molecule has 4 heterocycles. The summed E-state index contributed by atoms with van der Waals surface area (Å²) in [4.78, 5) is 37.8. The molecule has 0 radical (unpaired) electrons. The third kappa shape index (κ3) is 3.86. The predicted molar refractivity (Wildman–Crippen MR) is 147 cm³/mol. The van der Waals surface area contributed by atoms with Crippen molar-refractivity contribution in [1.29, 1.82) is 0 Å². The molecule has 1 aliphatic carbocycles. The average Bonchev–Trinajstić information content (AvgIpc) is 3.34. The van der Waals surface area contributed by atoms with Crippen molar-refractivity contribution < 1.29 is 23.4 Å². The van der Waals surface area contributed by atoms with Crippen molar-refractivity contribution in [3.8, 4) is 22.3 Å². The fourth-order valence-electron chi connectivity index (χ4n) is 5.61. The van der Waals surface area contributed by atoms with Crippen LogP contribution in [0, 0.1) is 11.6 Å². The normalized spacial score (nSPS) is 14.3. The van der Waals surface area contributed by atoms with Crippen LogP contribution >= 0.6 is 0 Å². The van der Waals surface area contributed by atoms with Crippen molar-refractivity contribution in [2.75, 3.05) is 62.6 Å². The number of carbonyl (C=O) groups is 1. The highest BCUT2D eigenvalue weighted by molar-refractivity contribution is 5.97. The molecule has 4 aromatic rings. The summed E-state index contributed by atoms with van der Waals surface area (Å²) < 4.78 is 36.8. The second kappa shape index (κ2) is 9.56. The minimum Gasteiger partial charge on any atom is -0.477 e. The lowest BCUT2D eigenvalue weighted by molar-refractivity contribution is 0.0694. The number of anilines is 3. The quantitative estimate of drug-likeness (QED) is 0.342. The molecule has 206 valence electrons. The van der Waals surface area contributed by atoms with Crippen molar-refractivity contribution in [2.24, 2.45) is 0 Å². The Morgan fingerprint density at radius 2 is 1.88 bits per heavy atom. The molecule has 2 aliphatic rings. The first-order valence-corrected chi connectivity index (χ1v) is 12.7. The van der Waals surface area contributed by atoms with E-state index >= 15 is 4.39 Å². The van der Waals surface area contributed by atoms with E-state index in [1.54, 1.807) is 27.3 Å². The number of aromatic nitrogens is 3. The number of carboxylic acid groups (broad SMARTS) is 1. The van der Waals surface area contributed by atoms with Crippen LogP contribution in [0.25, 0.3) is 27.9 Å². The number of hydrogen-bond donors (Lipinski definition) is 2. The number of benzene rings is 1. The molecule has 6 rings (SSSR count). The van der Waals surface area contributed by atoms with Crippen molar-refractivity contribution in [3.05, 3.63) is 69.5 Å². The molecule has 0 unspecified atom stereocenters. The van der Waals surface area contributed by atoms with Crippen LogP contribution in [0.3, 0.4) is 0 Å². The van der Waals surface area contributed by atoms with Crippen LogP contribution < -0.4 is 20.7 Å². The highest BCUT2D eigenvalue weighted by atomic mass is 19.2. The molecule has 1 fully saturated rings. The number of carboxylic acids is 1. The summed E-state index contributed by atoms with van der Waals surface area (Å²) in [6, 6.07) is 3.01. The first-order chi connectivity index (χ1) is 19.2. The largest absolute Gasteiger partial charge is 0.477 e. The summed E-state index contributed by atoms with van der Waals surface area (Å²) in [6.07, 6.45) is 4.56. The van der Waals surface area contributed by atoms with Gasteiger partial charge in [0.15, 0.2) is 17.3 Å². The second-order valence-electron chi connectivity index (χ2n) is 9.93. The Hall–Kier alpha value is -4.58. The number of fused-ring (bicyclic) bond motifs is 4. The van der Waals surface area contributed by atoms with Crippen molar-refractivity contribution >= 4 is 28.7 Å². The third-order valence-electron chi connectivity index (χ3n) is 7.44. The molecule has 0 atom stereocenters. The highest BCUT2D eigenvalue weighted by Gasteiger charge is 2.33. The molecule has 10 nitrogen and oxygen atoms in total. The lowest BCUT2D eigenvalue weighted by Crippen LogP contribution is -2.37. The van der Waals surface area contributed by atoms with Gasteiger partial charge in [0.05, 0.1) is 30.3 Å². The second-order valence-corrected chi connectivity index (χ2v) is 9.93. The molecule has 1 aromatic carbocycles. The number of hydrogen-bond acceptors (Lipinski definition) is 8. The van der Waals surface area contributed by atoms with E-state index in [4.69, 9.17) is 4.74 Å². The van der Waals surface area contributed by atoms with Gasteiger partial charge >= 0.3 is 5.97 Å². The van der Waals surface area contributed by atoms with Gasteiger partial charge in [0.2, 0.25) is 0 Å². The third-order valence-corrected chi connectivity index (χ3v) is 7.44. The van der Waals surface area contributed by atoms with Crippen LogP contribution in [0.4, 0.5) is 25.8 Å². The average molecular weight is 549 g/mol. The zero-order chi connectivity index (χ0) is 28.3. The maximum absolute atomic E-state index is 15.4. The van der Waals surface area contributed by atoms with Gasteiger partial charge in [0.25, 0.3) is 5.56 Å². The lowest BCUT2D eigenvalue weighted by Gasteiger charge is -2.30. The molecule has 0 spiro atoms. The summed E-state index contributed by atoms with van der Waals surface area (Å²) in [5.74, 6) is -3.30. The van der Waals surface area contributed by atoms with E-state index in [-0.39, 0.29) is 5.56 Å². The van der Waals surface area contributed by atoms with E-state index in [0.717, 1.165) is 12.3 Å². The monoisotopic (exact) mass is 548 g/mol. The Morgan fingerprint density at radius 1 is 1.12 bits per heavy atom. The first kappa shape index (κ1) is 25.7. The minimum atomic E-state index is -1.38. The number of aromatic carboxylic acids is 1. The Balaban J connectivity index is 1.66. The van der Waals surface area contributed by atoms with Crippen molar-refractivity contribution in [3.63, 3.8) is 0 Å². The number of nitrogens with zero attached hydrogens (tertiary/aromatic N) is 5. The lowest BCUT2D eigenvalue weighted by atomic mass is 9.97. The topological polar surface area (TPSA) is 112 Å². The summed E-state index contributed by atoms with van der Waals surface area (Å²) >= 11 is 0. The molecule has 1 saturated heterocycles. The molecular weight excluding hydrogens is 522 g/mol. The molecule has 0 bridgehead atoms. The summed E-state index contributed by atoms with van der Waals surface area (Å²) in [5, 5.41) is 12.5. The molecule has 3 aromatic heterocycles. The van der Waals surface area contributed by atoms with Crippen LogP contribution in [-0.2, 0) is 11.2 Å². The van der Waals surface area contributed by atoms with Gasteiger partial charge in [-0.2, -0.15) is 0 Å². The summed E-state index contributed by atoms with van der Waals surface area (Å²) in [5.41, 5.74) is 3.76. The molecule has 40 heavy (non-hydrogen) atoms. The zero-order valence-electron chi connectivity index (χ0n) is 22.1. The van der Waals surface area contributed by atoms with E-state index in [1.807, 2.05) is 15.9 Å². The van der Waals surface area contributed by atoms with Gasteiger partial charge in [-0.25, -0.2) is 18.6 Å².